The molecule has 3 rings (SSSR count). The Balaban J connectivity index is 1.69. The van der Waals surface area contributed by atoms with E-state index in [2.05, 4.69) is 10.3 Å². The number of nitrogens with one attached hydrogen (secondary N) is 1. The number of carbonyl (C=O) groups excluding carboxylic acids is 1. The van der Waals surface area contributed by atoms with Gasteiger partial charge in [-0.2, -0.15) is 0 Å². The van der Waals surface area contributed by atoms with Crippen molar-refractivity contribution < 1.29 is 13.9 Å². The number of halogens is 1. The molecule has 0 aliphatic rings. The summed E-state index contributed by atoms with van der Waals surface area (Å²) in [5, 5.41) is 3.34. The van der Waals surface area contributed by atoms with Crippen LogP contribution in [-0.2, 0) is 6.42 Å². The number of thiazole rings is 1. The summed E-state index contributed by atoms with van der Waals surface area (Å²) in [6, 6.07) is 13.5. The minimum Gasteiger partial charge on any atom is -0.490 e. The molecule has 1 N–H and O–H groups in total. The lowest BCUT2D eigenvalue weighted by atomic mass is 10.1. The van der Waals surface area contributed by atoms with Crippen LogP contribution in [0.1, 0.15) is 34.6 Å². The molecule has 0 aliphatic carbocycles. The summed E-state index contributed by atoms with van der Waals surface area (Å²) in [5.74, 6) is 0.0281. The molecule has 1 aromatic heterocycles. The van der Waals surface area contributed by atoms with Gasteiger partial charge < -0.3 is 4.74 Å². The third-order valence-electron chi connectivity index (χ3n) is 3.56. The first kappa shape index (κ1) is 18.1. The van der Waals surface area contributed by atoms with Crippen molar-refractivity contribution in [2.45, 2.75) is 26.4 Å². The number of aromatic nitrogens is 1. The van der Waals surface area contributed by atoms with E-state index in [0.29, 0.717) is 22.9 Å². The smallest absolute Gasteiger partial charge is 0.261 e. The molecule has 0 bridgehead atoms. The number of anilines is 1. The van der Waals surface area contributed by atoms with Gasteiger partial charge in [-0.1, -0.05) is 24.3 Å². The van der Waals surface area contributed by atoms with Crippen molar-refractivity contribution in [3.8, 4) is 5.75 Å². The van der Waals surface area contributed by atoms with Crippen molar-refractivity contribution in [2.75, 3.05) is 5.32 Å². The summed E-state index contributed by atoms with van der Waals surface area (Å²) in [5.41, 5.74) is 1.46. The van der Waals surface area contributed by atoms with Crippen LogP contribution < -0.4 is 10.1 Å². The summed E-state index contributed by atoms with van der Waals surface area (Å²) in [4.78, 5) is 17.8. The van der Waals surface area contributed by atoms with Gasteiger partial charge in [0.2, 0.25) is 0 Å². The lowest BCUT2D eigenvalue weighted by Crippen LogP contribution is -2.15. The predicted octanol–water partition coefficient (Wildman–Crippen LogP) is 4.91. The van der Waals surface area contributed by atoms with E-state index in [1.54, 1.807) is 36.5 Å². The van der Waals surface area contributed by atoms with Crippen LogP contribution >= 0.6 is 11.3 Å². The summed E-state index contributed by atoms with van der Waals surface area (Å²) < 4.78 is 18.7. The molecule has 0 radical (unpaired) electrons. The highest BCUT2D eigenvalue weighted by molar-refractivity contribution is 7.15. The third kappa shape index (κ3) is 4.67. The fraction of sp³-hybridized carbons (Fsp3) is 0.200. The standard InChI is InChI=1S/C20H19FN2O2S/c1-13(2)25-18-6-4-3-5-17(18)19(24)23-20-22-12-16(26-20)11-14-7-9-15(21)10-8-14/h3-10,12-13H,11H2,1-2H3,(H,22,23,24). The number of ether oxygens (including phenoxy) is 1. The molecule has 3 aromatic rings. The van der Waals surface area contributed by atoms with Crippen LogP contribution in [0.4, 0.5) is 9.52 Å². The normalized spacial score (nSPS) is 10.8. The van der Waals surface area contributed by atoms with Crippen molar-refractivity contribution >= 4 is 22.4 Å². The Morgan fingerprint density at radius 1 is 1.19 bits per heavy atom. The number of hydrogen-bond donors (Lipinski definition) is 1. The fourth-order valence-electron chi connectivity index (χ4n) is 2.43. The van der Waals surface area contributed by atoms with Gasteiger partial charge in [0, 0.05) is 17.5 Å². The van der Waals surface area contributed by atoms with Crippen LogP contribution in [0.3, 0.4) is 0 Å². The van der Waals surface area contributed by atoms with E-state index in [9.17, 15) is 9.18 Å². The highest BCUT2D eigenvalue weighted by atomic mass is 32.1. The maximum atomic E-state index is 13.0. The predicted molar refractivity (Wildman–Crippen MR) is 101 cm³/mol. The van der Waals surface area contributed by atoms with E-state index in [1.807, 2.05) is 19.9 Å². The molecule has 4 nitrogen and oxygen atoms in total. The Kier molecular flexibility index (Phi) is 5.63. The minimum absolute atomic E-state index is 0.0221. The molecule has 0 saturated carbocycles. The third-order valence-corrected chi connectivity index (χ3v) is 4.47. The van der Waals surface area contributed by atoms with Crippen LogP contribution in [0.5, 0.6) is 5.75 Å². The molecule has 6 heteroatoms. The molecular formula is C20H19FN2O2S. The first-order valence-corrected chi connectivity index (χ1v) is 9.09. The van der Waals surface area contributed by atoms with Crippen LogP contribution in [0.25, 0.3) is 0 Å². The molecule has 0 saturated heterocycles. The molecule has 1 heterocycles. The number of hydrogen-bond acceptors (Lipinski definition) is 4. The summed E-state index contributed by atoms with van der Waals surface area (Å²) >= 11 is 1.40. The van der Waals surface area contributed by atoms with Gasteiger partial charge in [-0.05, 0) is 43.7 Å². The number of rotatable bonds is 6. The average Bonchev–Trinajstić information content (AvgIpc) is 3.04. The summed E-state index contributed by atoms with van der Waals surface area (Å²) in [6.07, 6.45) is 2.34. The van der Waals surface area contributed by atoms with Gasteiger partial charge in [0.1, 0.15) is 11.6 Å². The monoisotopic (exact) mass is 370 g/mol. The molecule has 0 fully saturated rings. The van der Waals surface area contributed by atoms with Crippen molar-refractivity contribution in [1.29, 1.82) is 0 Å². The highest BCUT2D eigenvalue weighted by Gasteiger charge is 2.15. The molecule has 0 aliphatic heterocycles. The van der Waals surface area contributed by atoms with Crippen LogP contribution in [0.2, 0.25) is 0 Å². The minimum atomic E-state index is -0.260. The van der Waals surface area contributed by atoms with E-state index < -0.39 is 0 Å². The number of nitrogens with zero attached hydrogens (tertiary/aromatic N) is 1. The van der Waals surface area contributed by atoms with Gasteiger partial charge >= 0.3 is 0 Å². The van der Waals surface area contributed by atoms with E-state index >= 15 is 0 Å². The molecule has 26 heavy (non-hydrogen) atoms. The molecule has 0 spiro atoms. The SMILES string of the molecule is CC(C)Oc1ccccc1C(=O)Nc1ncc(Cc2ccc(F)cc2)s1. The van der Waals surface area contributed by atoms with Crippen LogP contribution in [0, 0.1) is 5.82 Å². The number of benzene rings is 2. The fourth-order valence-corrected chi connectivity index (χ4v) is 3.27. The Hall–Kier alpha value is -2.73. The van der Waals surface area contributed by atoms with Crippen molar-refractivity contribution in [2.24, 2.45) is 0 Å². The van der Waals surface area contributed by atoms with Crippen molar-refractivity contribution in [3.63, 3.8) is 0 Å². The van der Waals surface area contributed by atoms with Crippen LogP contribution in [0.15, 0.2) is 54.7 Å². The molecule has 2 aromatic carbocycles. The Labute approximate surface area is 155 Å². The maximum Gasteiger partial charge on any atom is 0.261 e. The zero-order chi connectivity index (χ0) is 18.5. The van der Waals surface area contributed by atoms with E-state index in [1.165, 1.54) is 23.5 Å². The quantitative estimate of drug-likeness (QED) is 0.670. The average molecular weight is 370 g/mol. The van der Waals surface area contributed by atoms with Gasteiger partial charge in [-0.3, -0.25) is 10.1 Å². The lowest BCUT2D eigenvalue weighted by Gasteiger charge is -2.13. The maximum absolute atomic E-state index is 13.0. The van der Waals surface area contributed by atoms with Gasteiger partial charge in [-0.15, -0.1) is 11.3 Å². The topological polar surface area (TPSA) is 51.2 Å². The van der Waals surface area contributed by atoms with Gasteiger partial charge in [0.25, 0.3) is 5.91 Å². The van der Waals surface area contributed by atoms with Gasteiger partial charge in [0.15, 0.2) is 5.13 Å². The Bertz CT molecular complexity index is 891. The molecular weight excluding hydrogens is 351 g/mol. The second kappa shape index (κ2) is 8.10. The molecule has 1 amide bonds. The Morgan fingerprint density at radius 3 is 2.65 bits per heavy atom. The molecule has 0 unspecified atom stereocenters. The van der Waals surface area contributed by atoms with Crippen molar-refractivity contribution in [3.05, 3.63) is 76.5 Å². The largest absolute Gasteiger partial charge is 0.490 e. The lowest BCUT2D eigenvalue weighted by molar-refractivity contribution is 0.102. The molecule has 134 valence electrons. The van der Waals surface area contributed by atoms with Crippen molar-refractivity contribution in [1.82, 2.24) is 4.98 Å². The highest BCUT2D eigenvalue weighted by Crippen LogP contribution is 2.24. The van der Waals surface area contributed by atoms with Gasteiger partial charge in [0.05, 0.1) is 11.7 Å². The first-order chi connectivity index (χ1) is 12.5. The van der Waals surface area contributed by atoms with Gasteiger partial charge in [-0.25, -0.2) is 9.37 Å². The number of amides is 1. The number of carbonyl (C=O) groups is 1. The summed E-state index contributed by atoms with van der Waals surface area (Å²) in [6.45, 7) is 3.83. The first-order valence-electron chi connectivity index (χ1n) is 8.27. The molecule has 0 atom stereocenters. The zero-order valence-electron chi connectivity index (χ0n) is 14.5. The zero-order valence-corrected chi connectivity index (χ0v) is 15.3. The Morgan fingerprint density at radius 2 is 1.92 bits per heavy atom. The second-order valence-electron chi connectivity index (χ2n) is 6.05. The van der Waals surface area contributed by atoms with E-state index in [4.69, 9.17) is 4.74 Å². The van der Waals surface area contributed by atoms with E-state index in [-0.39, 0.29) is 17.8 Å². The van der Waals surface area contributed by atoms with E-state index in [0.717, 1.165) is 10.4 Å². The number of para-hydroxylation sites is 1. The summed E-state index contributed by atoms with van der Waals surface area (Å²) in [7, 11) is 0. The second-order valence-corrected chi connectivity index (χ2v) is 7.17. The van der Waals surface area contributed by atoms with Crippen LogP contribution in [-0.4, -0.2) is 17.0 Å².